The Bertz CT molecular complexity index is 1090. The lowest BCUT2D eigenvalue weighted by molar-refractivity contribution is -0.383. The number of hydrogen-bond acceptors (Lipinski definition) is 8. The first-order valence-electron chi connectivity index (χ1n) is 10.2. The number of benzene rings is 2. The van der Waals surface area contributed by atoms with Crippen LogP contribution in [0.15, 0.2) is 54.9 Å². The van der Waals surface area contributed by atoms with Gasteiger partial charge in [-0.2, -0.15) is 0 Å². The van der Waals surface area contributed by atoms with Crippen molar-refractivity contribution in [2.24, 2.45) is 0 Å². The summed E-state index contributed by atoms with van der Waals surface area (Å²) in [6.45, 7) is 3.00. The Hall–Kier alpha value is -3.59. The molecule has 0 amide bonds. The molecule has 0 unspecified atom stereocenters. The summed E-state index contributed by atoms with van der Waals surface area (Å²) in [6.07, 6.45) is 1.36. The van der Waals surface area contributed by atoms with E-state index in [1.165, 1.54) is 6.33 Å². The maximum atomic E-state index is 11.9. The predicted molar refractivity (Wildman–Crippen MR) is 125 cm³/mol. The van der Waals surface area contributed by atoms with Crippen molar-refractivity contribution in [3.63, 3.8) is 0 Å². The zero-order valence-corrected chi connectivity index (χ0v) is 18.3. The van der Waals surface area contributed by atoms with Crippen molar-refractivity contribution in [1.82, 2.24) is 9.97 Å². The van der Waals surface area contributed by atoms with Crippen LogP contribution in [-0.4, -0.2) is 48.2 Å². The van der Waals surface area contributed by atoms with E-state index in [1.54, 1.807) is 7.11 Å². The van der Waals surface area contributed by atoms with E-state index >= 15 is 0 Å². The molecular formula is C22H23ClN6O3. The largest absolute Gasteiger partial charge is 0.497 e. The van der Waals surface area contributed by atoms with Crippen LogP contribution in [0.4, 0.5) is 23.0 Å². The summed E-state index contributed by atoms with van der Waals surface area (Å²) >= 11 is 6.11. The van der Waals surface area contributed by atoms with Crippen molar-refractivity contribution in [3.8, 4) is 5.75 Å². The second-order valence-corrected chi connectivity index (χ2v) is 7.74. The van der Waals surface area contributed by atoms with Gasteiger partial charge in [0, 0.05) is 43.4 Å². The molecule has 2 heterocycles. The molecule has 0 radical (unpaired) electrons. The standard InChI is InChI=1S/C22H23ClN6O3/c1-32-19-7-5-16(6-8-19)14-24-21-20(29(30)31)22(26-15-25-21)28-11-9-27(10-12-28)18-4-2-3-17(23)13-18/h2-8,13,15H,9-12,14H2,1H3,(H,24,25,26). The Balaban J connectivity index is 1.48. The highest BCUT2D eigenvalue weighted by Crippen LogP contribution is 2.33. The van der Waals surface area contributed by atoms with Crippen LogP contribution in [-0.2, 0) is 6.54 Å². The molecule has 1 N–H and O–H groups in total. The lowest BCUT2D eigenvalue weighted by Gasteiger charge is -2.36. The number of methoxy groups -OCH3 is 1. The van der Waals surface area contributed by atoms with Gasteiger partial charge in [0.2, 0.25) is 11.6 Å². The highest BCUT2D eigenvalue weighted by molar-refractivity contribution is 6.30. The lowest BCUT2D eigenvalue weighted by Crippen LogP contribution is -2.47. The second-order valence-electron chi connectivity index (χ2n) is 7.31. The van der Waals surface area contributed by atoms with Crippen LogP contribution < -0.4 is 19.9 Å². The molecule has 0 spiro atoms. The van der Waals surface area contributed by atoms with Gasteiger partial charge in [-0.3, -0.25) is 10.1 Å². The van der Waals surface area contributed by atoms with E-state index in [0.717, 1.165) is 17.0 Å². The third kappa shape index (κ3) is 4.83. The van der Waals surface area contributed by atoms with Crippen LogP contribution in [0.3, 0.4) is 0 Å². The van der Waals surface area contributed by atoms with Crippen molar-refractivity contribution < 1.29 is 9.66 Å². The van der Waals surface area contributed by atoms with Crippen molar-refractivity contribution in [2.45, 2.75) is 6.54 Å². The Morgan fingerprint density at radius 2 is 1.81 bits per heavy atom. The molecule has 4 rings (SSSR count). The number of piperazine rings is 1. The summed E-state index contributed by atoms with van der Waals surface area (Å²) in [6, 6.07) is 15.2. The Morgan fingerprint density at radius 1 is 1.09 bits per heavy atom. The number of nitrogens with one attached hydrogen (secondary N) is 1. The predicted octanol–water partition coefficient (Wildman–Crippen LogP) is 3.99. The van der Waals surface area contributed by atoms with E-state index in [9.17, 15) is 10.1 Å². The minimum absolute atomic E-state index is 0.114. The van der Waals surface area contributed by atoms with E-state index in [1.807, 2.05) is 53.4 Å². The van der Waals surface area contributed by atoms with Crippen molar-refractivity contribution in [1.29, 1.82) is 0 Å². The molecule has 10 heteroatoms. The highest BCUT2D eigenvalue weighted by atomic mass is 35.5. The fourth-order valence-electron chi connectivity index (χ4n) is 3.68. The van der Waals surface area contributed by atoms with Gasteiger partial charge < -0.3 is 19.9 Å². The van der Waals surface area contributed by atoms with Crippen LogP contribution in [0, 0.1) is 10.1 Å². The number of rotatable bonds is 7. The Labute approximate surface area is 190 Å². The topological polar surface area (TPSA) is 96.7 Å². The van der Waals surface area contributed by atoms with Crippen LogP contribution in [0.2, 0.25) is 5.02 Å². The van der Waals surface area contributed by atoms with Crippen molar-refractivity contribution in [3.05, 3.63) is 75.6 Å². The molecule has 0 aliphatic carbocycles. The van der Waals surface area contributed by atoms with Gasteiger partial charge in [0.05, 0.1) is 12.0 Å². The third-order valence-electron chi connectivity index (χ3n) is 5.36. The SMILES string of the molecule is COc1ccc(CNc2ncnc(N3CCN(c4cccc(Cl)c4)CC3)c2[N+](=O)[O-])cc1. The van der Waals surface area contributed by atoms with Gasteiger partial charge >= 0.3 is 5.69 Å². The van der Waals surface area contributed by atoms with E-state index < -0.39 is 4.92 Å². The van der Waals surface area contributed by atoms with Gasteiger partial charge in [-0.05, 0) is 35.9 Å². The molecule has 1 aromatic heterocycles. The number of hydrogen-bond donors (Lipinski definition) is 1. The van der Waals surface area contributed by atoms with E-state index in [4.69, 9.17) is 16.3 Å². The quantitative estimate of drug-likeness (QED) is 0.423. The van der Waals surface area contributed by atoms with Crippen molar-refractivity contribution in [2.75, 3.05) is 48.4 Å². The highest BCUT2D eigenvalue weighted by Gasteiger charge is 2.29. The van der Waals surface area contributed by atoms with E-state index in [2.05, 4.69) is 20.2 Å². The van der Waals surface area contributed by atoms with E-state index in [0.29, 0.717) is 43.6 Å². The number of anilines is 3. The lowest BCUT2D eigenvalue weighted by atomic mass is 10.2. The molecule has 1 aliphatic heterocycles. The minimum Gasteiger partial charge on any atom is -0.497 e. The Kier molecular flexibility index (Phi) is 6.55. The average molecular weight is 455 g/mol. The Morgan fingerprint density at radius 3 is 2.47 bits per heavy atom. The number of halogens is 1. The van der Waals surface area contributed by atoms with Gasteiger partial charge in [-0.25, -0.2) is 9.97 Å². The molecule has 3 aromatic rings. The van der Waals surface area contributed by atoms with E-state index in [-0.39, 0.29) is 11.5 Å². The molecule has 0 bridgehead atoms. The number of aromatic nitrogens is 2. The van der Waals surface area contributed by atoms with Gasteiger partial charge in [0.15, 0.2) is 0 Å². The van der Waals surface area contributed by atoms with Crippen molar-refractivity contribution >= 4 is 34.6 Å². The first-order chi connectivity index (χ1) is 15.5. The molecule has 1 aliphatic rings. The summed E-state index contributed by atoms with van der Waals surface area (Å²) in [5.41, 5.74) is 1.88. The summed E-state index contributed by atoms with van der Waals surface area (Å²) in [5, 5.41) is 15.7. The van der Waals surface area contributed by atoms with Crippen LogP contribution in [0.5, 0.6) is 5.75 Å². The van der Waals surface area contributed by atoms with Gasteiger partial charge in [0.1, 0.15) is 12.1 Å². The second kappa shape index (κ2) is 9.69. The number of nitrogens with zero attached hydrogens (tertiary/aromatic N) is 5. The summed E-state index contributed by atoms with van der Waals surface area (Å²) in [4.78, 5) is 24.0. The fourth-order valence-corrected chi connectivity index (χ4v) is 3.86. The first-order valence-corrected chi connectivity index (χ1v) is 10.5. The third-order valence-corrected chi connectivity index (χ3v) is 5.59. The summed E-state index contributed by atoms with van der Waals surface area (Å²) in [5.74, 6) is 1.28. The molecule has 166 valence electrons. The number of ether oxygens (including phenoxy) is 1. The fraction of sp³-hybridized carbons (Fsp3) is 0.273. The molecule has 0 atom stereocenters. The summed E-state index contributed by atoms with van der Waals surface area (Å²) in [7, 11) is 1.61. The summed E-state index contributed by atoms with van der Waals surface area (Å²) < 4.78 is 5.16. The van der Waals surface area contributed by atoms with Gasteiger partial charge in [-0.15, -0.1) is 0 Å². The maximum Gasteiger partial charge on any atom is 0.353 e. The van der Waals surface area contributed by atoms with Crippen LogP contribution in [0.25, 0.3) is 0 Å². The van der Waals surface area contributed by atoms with Gasteiger partial charge in [-0.1, -0.05) is 29.8 Å². The molecule has 9 nitrogen and oxygen atoms in total. The van der Waals surface area contributed by atoms with Crippen LogP contribution in [0.1, 0.15) is 5.56 Å². The number of nitro groups is 1. The zero-order chi connectivity index (χ0) is 22.5. The zero-order valence-electron chi connectivity index (χ0n) is 17.6. The average Bonchev–Trinajstić information content (AvgIpc) is 2.83. The maximum absolute atomic E-state index is 11.9. The van der Waals surface area contributed by atoms with Gasteiger partial charge in [0.25, 0.3) is 0 Å². The molecule has 1 saturated heterocycles. The minimum atomic E-state index is -0.422. The molecule has 0 saturated carbocycles. The normalized spacial score (nSPS) is 13.7. The molecule has 2 aromatic carbocycles. The molecule has 1 fully saturated rings. The monoisotopic (exact) mass is 454 g/mol. The van der Waals surface area contributed by atoms with Crippen LogP contribution >= 0.6 is 11.6 Å². The smallest absolute Gasteiger partial charge is 0.353 e. The molecule has 32 heavy (non-hydrogen) atoms. The first kappa shape index (κ1) is 21.6. The molecular weight excluding hydrogens is 432 g/mol.